The van der Waals surface area contributed by atoms with Crippen LogP contribution in [0.25, 0.3) is 0 Å². The molecule has 2 unspecified atom stereocenters. The summed E-state index contributed by atoms with van der Waals surface area (Å²) in [6, 6.07) is 7.01. The molecule has 0 radical (unpaired) electrons. The van der Waals surface area contributed by atoms with Gasteiger partial charge in [-0.2, -0.15) is 0 Å². The van der Waals surface area contributed by atoms with E-state index in [0.717, 1.165) is 17.7 Å². The molecule has 0 saturated carbocycles. The molecule has 2 heterocycles. The molecule has 0 saturated heterocycles. The quantitative estimate of drug-likeness (QED) is 0.941. The molecule has 0 fully saturated rings. The average Bonchev–Trinajstić information content (AvgIpc) is 2.77. The van der Waals surface area contributed by atoms with Crippen LogP contribution in [0.5, 0.6) is 0 Å². The Bertz CT molecular complexity index is 748. The van der Waals surface area contributed by atoms with E-state index in [2.05, 4.69) is 15.3 Å². The third kappa shape index (κ3) is 2.99. The molecule has 3 rings (SSSR count). The maximum atomic E-state index is 13.0. The minimum atomic E-state index is -0.545. The molecular weight excluding hydrogens is 304 g/mol. The number of carbonyl (C=O) groups excluding carboxylic acids is 2. The van der Waals surface area contributed by atoms with Gasteiger partial charge in [0.25, 0.3) is 5.91 Å². The first-order chi connectivity index (χ1) is 11.6. The Kier molecular flexibility index (Phi) is 4.55. The molecule has 0 spiro atoms. The molecule has 2 atom stereocenters. The summed E-state index contributed by atoms with van der Waals surface area (Å²) in [6.45, 7) is 4.36. The minimum absolute atomic E-state index is 0.0277. The highest BCUT2D eigenvalue weighted by Crippen LogP contribution is 2.28. The Morgan fingerprint density at radius 3 is 2.88 bits per heavy atom. The van der Waals surface area contributed by atoms with Crippen molar-refractivity contribution in [2.45, 2.75) is 32.9 Å². The molecule has 6 nitrogen and oxygen atoms in total. The van der Waals surface area contributed by atoms with E-state index in [4.69, 9.17) is 0 Å². The molecule has 124 valence electrons. The number of amides is 2. The number of nitrogens with one attached hydrogen (secondary N) is 1. The number of fused-ring (bicyclic) bond motifs is 1. The summed E-state index contributed by atoms with van der Waals surface area (Å²) in [4.78, 5) is 35.4. The maximum Gasteiger partial charge on any atom is 0.275 e. The number of hydrogen-bond acceptors (Lipinski definition) is 4. The Labute approximate surface area is 140 Å². The number of anilines is 1. The highest BCUT2D eigenvalue weighted by atomic mass is 16.2. The lowest BCUT2D eigenvalue weighted by atomic mass is 9.96. The van der Waals surface area contributed by atoms with Crippen molar-refractivity contribution in [3.63, 3.8) is 0 Å². The second-order valence-corrected chi connectivity index (χ2v) is 6.00. The van der Waals surface area contributed by atoms with Gasteiger partial charge >= 0.3 is 0 Å². The third-order valence-electron chi connectivity index (χ3n) is 4.45. The molecule has 1 aromatic heterocycles. The number of benzene rings is 1. The molecule has 1 aliphatic heterocycles. The van der Waals surface area contributed by atoms with Crippen molar-refractivity contribution in [1.29, 1.82) is 0 Å². The molecule has 2 aromatic rings. The van der Waals surface area contributed by atoms with Gasteiger partial charge in [0.2, 0.25) is 5.91 Å². The predicted molar refractivity (Wildman–Crippen MR) is 90.2 cm³/mol. The summed E-state index contributed by atoms with van der Waals surface area (Å²) < 4.78 is 0. The van der Waals surface area contributed by atoms with Gasteiger partial charge in [-0.05, 0) is 17.5 Å². The molecule has 1 N–H and O–H groups in total. The monoisotopic (exact) mass is 324 g/mol. The summed E-state index contributed by atoms with van der Waals surface area (Å²) in [5.41, 5.74) is 1.91. The number of carbonyl (C=O) groups is 2. The fourth-order valence-electron chi connectivity index (χ4n) is 2.95. The molecule has 24 heavy (non-hydrogen) atoms. The lowest BCUT2D eigenvalue weighted by Gasteiger charge is -2.32. The molecular formula is C18H20N4O2. The van der Waals surface area contributed by atoms with Gasteiger partial charge in [0.15, 0.2) is 0 Å². The maximum absolute atomic E-state index is 13.0. The van der Waals surface area contributed by atoms with E-state index >= 15 is 0 Å². The van der Waals surface area contributed by atoms with Crippen LogP contribution in [0, 0.1) is 5.92 Å². The van der Waals surface area contributed by atoms with Crippen molar-refractivity contribution < 1.29 is 9.59 Å². The van der Waals surface area contributed by atoms with Crippen LogP contribution in [0.15, 0.2) is 42.9 Å². The number of para-hydroxylation sites is 1. The topological polar surface area (TPSA) is 75.2 Å². The lowest BCUT2D eigenvalue weighted by molar-refractivity contribution is -0.122. The number of hydrogen-bond donors (Lipinski definition) is 1. The first-order valence-electron chi connectivity index (χ1n) is 8.07. The van der Waals surface area contributed by atoms with E-state index in [9.17, 15) is 9.59 Å². The van der Waals surface area contributed by atoms with Crippen molar-refractivity contribution in [3.8, 4) is 0 Å². The van der Waals surface area contributed by atoms with E-state index in [1.807, 2.05) is 38.1 Å². The molecule has 6 heteroatoms. The zero-order valence-electron chi connectivity index (χ0n) is 13.8. The van der Waals surface area contributed by atoms with E-state index in [1.54, 1.807) is 4.90 Å². The first kappa shape index (κ1) is 16.1. The van der Waals surface area contributed by atoms with Gasteiger partial charge in [-0.1, -0.05) is 38.5 Å². The first-order valence-corrected chi connectivity index (χ1v) is 8.07. The van der Waals surface area contributed by atoms with E-state index in [-0.39, 0.29) is 23.4 Å². The van der Waals surface area contributed by atoms with Crippen molar-refractivity contribution in [2.75, 3.05) is 5.32 Å². The average molecular weight is 324 g/mol. The largest absolute Gasteiger partial charge is 0.324 e. The summed E-state index contributed by atoms with van der Waals surface area (Å²) in [6.07, 6.45) is 5.23. The van der Waals surface area contributed by atoms with Gasteiger partial charge in [0, 0.05) is 24.6 Å². The zero-order chi connectivity index (χ0) is 17.1. The summed E-state index contributed by atoms with van der Waals surface area (Å²) in [5.74, 6) is -0.410. The lowest BCUT2D eigenvalue weighted by Crippen LogP contribution is -2.49. The zero-order valence-corrected chi connectivity index (χ0v) is 13.8. The van der Waals surface area contributed by atoms with Crippen LogP contribution in [0.3, 0.4) is 0 Å². The Hall–Kier alpha value is -2.76. The Morgan fingerprint density at radius 2 is 2.17 bits per heavy atom. The SMILES string of the molecule is CCC(C)C1C(=O)Nc2ccccc2CN1C(=O)c1cnccn1. The van der Waals surface area contributed by atoms with Gasteiger partial charge in [-0.15, -0.1) is 0 Å². The molecule has 0 bridgehead atoms. The van der Waals surface area contributed by atoms with Gasteiger partial charge in [-0.3, -0.25) is 14.6 Å². The van der Waals surface area contributed by atoms with Gasteiger partial charge in [-0.25, -0.2) is 4.98 Å². The van der Waals surface area contributed by atoms with E-state index in [0.29, 0.717) is 6.54 Å². The highest BCUT2D eigenvalue weighted by molar-refractivity contribution is 6.01. The van der Waals surface area contributed by atoms with Crippen LogP contribution in [0.2, 0.25) is 0 Å². The summed E-state index contributed by atoms with van der Waals surface area (Å²) in [7, 11) is 0. The molecule has 0 aliphatic carbocycles. The van der Waals surface area contributed by atoms with Crippen molar-refractivity contribution in [2.24, 2.45) is 5.92 Å². The van der Waals surface area contributed by atoms with Crippen molar-refractivity contribution in [1.82, 2.24) is 14.9 Å². The molecule has 1 aromatic carbocycles. The second-order valence-electron chi connectivity index (χ2n) is 6.00. The number of rotatable bonds is 3. The number of aromatic nitrogens is 2. The summed E-state index contributed by atoms with van der Waals surface area (Å²) in [5, 5.41) is 2.96. The van der Waals surface area contributed by atoms with Crippen LogP contribution >= 0.6 is 0 Å². The normalized spacial score (nSPS) is 18.3. The fourth-order valence-corrected chi connectivity index (χ4v) is 2.95. The van der Waals surface area contributed by atoms with Gasteiger partial charge in [0.05, 0.1) is 6.20 Å². The van der Waals surface area contributed by atoms with E-state index < -0.39 is 6.04 Å². The second kappa shape index (κ2) is 6.78. The van der Waals surface area contributed by atoms with Crippen LogP contribution in [0.1, 0.15) is 36.3 Å². The highest BCUT2D eigenvalue weighted by Gasteiger charge is 2.37. The smallest absolute Gasteiger partial charge is 0.275 e. The summed E-state index contributed by atoms with van der Waals surface area (Å²) >= 11 is 0. The standard InChI is InChI=1S/C18H20N4O2/c1-3-12(2)16-17(23)21-14-7-5-4-6-13(14)11-22(16)18(24)15-10-19-8-9-20-15/h4-10,12,16H,3,11H2,1-2H3,(H,21,23). The predicted octanol–water partition coefficient (Wildman–Crippen LogP) is 2.49. The van der Waals surface area contributed by atoms with Crippen LogP contribution in [-0.4, -0.2) is 32.7 Å². The molecule has 2 amide bonds. The van der Waals surface area contributed by atoms with Gasteiger partial charge < -0.3 is 10.2 Å². The Balaban J connectivity index is 2.04. The fraction of sp³-hybridized carbons (Fsp3) is 0.333. The minimum Gasteiger partial charge on any atom is -0.324 e. The van der Waals surface area contributed by atoms with Crippen LogP contribution in [-0.2, 0) is 11.3 Å². The van der Waals surface area contributed by atoms with E-state index in [1.165, 1.54) is 18.6 Å². The number of nitrogens with zero attached hydrogens (tertiary/aromatic N) is 3. The van der Waals surface area contributed by atoms with Crippen molar-refractivity contribution >= 4 is 17.5 Å². The molecule has 1 aliphatic rings. The van der Waals surface area contributed by atoms with Crippen molar-refractivity contribution in [3.05, 3.63) is 54.1 Å². The Morgan fingerprint density at radius 1 is 1.38 bits per heavy atom. The van der Waals surface area contributed by atoms with Crippen LogP contribution in [0.4, 0.5) is 5.69 Å². The van der Waals surface area contributed by atoms with Crippen LogP contribution < -0.4 is 5.32 Å². The van der Waals surface area contributed by atoms with Gasteiger partial charge in [0.1, 0.15) is 11.7 Å². The third-order valence-corrected chi connectivity index (χ3v) is 4.45.